The third-order valence-electron chi connectivity index (χ3n) is 1.46. The van der Waals surface area contributed by atoms with Crippen LogP contribution in [-0.2, 0) is 6.54 Å². The van der Waals surface area contributed by atoms with Crippen molar-refractivity contribution >= 4 is 22.6 Å². The third-order valence-corrected chi connectivity index (χ3v) is 2.04. The van der Waals surface area contributed by atoms with Gasteiger partial charge in [-0.2, -0.15) is 0 Å². The molecule has 3 heteroatoms. The molecule has 0 amide bonds. The lowest BCUT2D eigenvalue weighted by Gasteiger charge is -2.03. The van der Waals surface area contributed by atoms with Crippen molar-refractivity contribution in [3.63, 3.8) is 0 Å². The molecule has 64 valence electrons. The second kappa shape index (κ2) is 4.53. The van der Waals surface area contributed by atoms with Gasteiger partial charge in [0.2, 0.25) is 0 Å². The van der Waals surface area contributed by atoms with E-state index in [2.05, 4.69) is 33.8 Å². The molecule has 0 saturated carbocycles. The summed E-state index contributed by atoms with van der Waals surface area (Å²) in [7, 11) is 0. The smallest absolute Gasteiger partial charge is 0.164 e. The van der Waals surface area contributed by atoms with E-state index < -0.39 is 0 Å². The quantitative estimate of drug-likeness (QED) is 0.674. The molecule has 2 nitrogen and oxygen atoms in total. The van der Waals surface area contributed by atoms with Crippen LogP contribution in [0.1, 0.15) is 12.7 Å². The van der Waals surface area contributed by atoms with Crippen LogP contribution in [0.3, 0.4) is 0 Å². The van der Waals surface area contributed by atoms with E-state index in [-0.39, 0.29) is 6.04 Å². The van der Waals surface area contributed by atoms with Gasteiger partial charge in [0.05, 0.1) is 12.6 Å². The Hall–Kier alpha value is -0.470. The van der Waals surface area contributed by atoms with Gasteiger partial charge in [-0.3, -0.25) is 5.32 Å². The van der Waals surface area contributed by atoms with Gasteiger partial charge in [-0.1, -0.05) is 5.92 Å². The monoisotopic (exact) mass is 275 g/mol. The van der Waals surface area contributed by atoms with Gasteiger partial charge in [0.25, 0.3) is 0 Å². The molecule has 1 atom stereocenters. The summed E-state index contributed by atoms with van der Waals surface area (Å²) in [6.45, 7) is 2.63. The molecule has 0 spiro atoms. The molecule has 0 aliphatic heterocycles. The molecule has 1 heterocycles. The van der Waals surface area contributed by atoms with Gasteiger partial charge in [-0.25, -0.2) is 0 Å². The normalized spacial score (nSPS) is 12.4. The lowest BCUT2D eigenvalue weighted by atomic mass is 10.3. The van der Waals surface area contributed by atoms with E-state index in [1.54, 1.807) is 0 Å². The Morgan fingerprint density at radius 3 is 3.00 bits per heavy atom. The van der Waals surface area contributed by atoms with Gasteiger partial charge in [0.15, 0.2) is 3.77 Å². The van der Waals surface area contributed by atoms with Crippen molar-refractivity contribution in [3.05, 3.63) is 21.7 Å². The Kier molecular flexibility index (Phi) is 3.63. The molecule has 1 aromatic rings. The fourth-order valence-corrected chi connectivity index (χ4v) is 1.22. The number of hydrogen-bond acceptors (Lipinski definition) is 2. The Bertz CT molecular complexity index is 287. The summed E-state index contributed by atoms with van der Waals surface area (Å²) >= 11 is 2.13. The van der Waals surface area contributed by atoms with Crippen molar-refractivity contribution in [1.82, 2.24) is 5.32 Å². The highest BCUT2D eigenvalue weighted by Crippen LogP contribution is 2.09. The lowest BCUT2D eigenvalue weighted by molar-refractivity contribution is 0.458. The topological polar surface area (TPSA) is 25.2 Å². The van der Waals surface area contributed by atoms with Crippen molar-refractivity contribution in [1.29, 1.82) is 0 Å². The summed E-state index contributed by atoms with van der Waals surface area (Å²) in [5.74, 6) is 3.51. The van der Waals surface area contributed by atoms with E-state index in [1.165, 1.54) is 0 Å². The molecule has 0 bridgehead atoms. The van der Waals surface area contributed by atoms with Crippen LogP contribution in [0, 0.1) is 16.1 Å². The summed E-state index contributed by atoms with van der Waals surface area (Å²) in [6.07, 6.45) is 5.20. The standard InChI is InChI=1S/C9H10INO/c1-3-7(2)11-6-8-4-5-9(10)12-8/h1,4-5,7,11H,6H2,2H3. The van der Waals surface area contributed by atoms with Crippen LogP contribution < -0.4 is 5.32 Å². The molecule has 1 N–H and O–H groups in total. The average Bonchev–Trinajstić information content (AvgIpc) is 2.47. The van der Waals surface area contributed by atoms with Crippen LogP contribution >= 0.6 is 22.6 Å². The van der Waals surface area contributed by atoms with Crippen LogP contribution in [0.25, 0.3) is 0 Å². The molecule has 0 aliphatic rings. The maximum Gasteiger partial charge on any atom is 0.164 e. The Morgan fingerprint density at radius 2 is 2.50 bits per heavy atom. The third kappa shape index (κ3) is 2.88. The number of terminal acetylenes is 1. The number of halogens is 1. The van der Waals surface area contributed by atoms with Gasteiger partial charge >= 0.3 is 0 Å². The highest BCUT2D eigenvalue weighted by Gasteiger charge is 2.00. The van der Waals surface area contributed by atoms with Crippen molar-refractivity contribution < 1.29 is 4.42 Å². The van der Waals surface area contributed by atoms with Crippen molar-refractivity contribution in [2.45, 2.75) is 19.5 Å². The molecule has 0 saturated heterocycles. The van der Waals surface area contributed by atoms with Crippen LogP contribution in [-0.4, -0.2) is 6.04 Å². The van der Waals surface area contributed by atoms with Gasteiger partial charge in [0, 0.05) is 0 Å². The highest BCUT2D eigenvalue weighted by atomic mass is 127. The summed E-state index contributed by atoms with van der Waals surface area (Å²) in [6, 6.07) is 3.96. The molecule has 12 heavy (non-hydrogen) atoms. The first kappa shape index (κ1) is 9.62. The summed E-state index contributed by atoms with van der Waals surface area (Å²) in [4.78, 5) is 0. The second-order valence-electron chi connectivity index (χ2n) is 2.48. The zero-order valence-corrected chi connectivity index (χ0v) is 8.96. The van der Waals surface area contributed by atoms with E-state index in [0.29, 0.717) is 6.54 Å². The van der Waals surface area contributed by atoms with Gasteiger partial charge < -0.3 is 4.42 Å². The predicted octanol–water partition coefficient (Wildman–Crippen LogP) is 2.00. The van der Waals surface area contributed by atoms with E-state index in [4.69, 9.17) is 10.8 Å². The van der Waals surface area contributed by atoms with Crippen LogP contribution in [0.5, 0.6) is 0 Å². The molecule has 0 radical (unpaired) electrons. The van der Waals surface area contributed by atoms with E-state index in [9.17, 15) is 0 Å². The van der Waals surface area contributed by atoms with Crippen molar-refractivity contribution in [3.8, 4) is 12.3 Å². The summed E-state index contributed by atoms with van der Waals surface area (Å²) < 4.78 is 6.23. The lowest BCUT2D eigenvalue weighted by Crippen LogP contribution is -2.23. The van der Waals surface area contributed by atoms with E-state index in [1.807, 2.05) is 19.1 Å². The minimum Gasteiger partial charge on any atom is -0.454 e. The van der Waals surface area contributed by atoms with Gasteiger partial charge in [0.1, 0.15) is 5.76 Å². The molecule has 1 rings (SSSR count). The van der Waals surface area contributed by atoms with Crippen molar-refractivity contribution in [2.75, 3.05) is 0 Å². The maximum atomic E-state index is 5.33. The molecule has 0 fully saturated rings. The van der Waals surface area contributed by atoms with Crippen LogP contribution in [0.4, 0.5) is 0 Å². The van der Waals surface area contributed by atoms with Crippen LogP contribution in [0.2, 0.25) is 0 Å². The molecule has 1 unspecified atom stereocenters. The minimum absolute atomic E-state index is 0.0905. The number of rotatable bonds is 3. The Morgan fingerprint density at radius 1 is 1.75 bits per heavy atom. The SMILES string of the molecule is C#CC(C)NCc1ccc(I)o1. The molecule has 0 aromatic carbocycles. The fourth-order valence-electron chi connectivity index (χ4n) is 0.759. The number of hydrogen-bond donors (Lipinski definition) is 1. The second-order valence-corrected chi connectivity index (χ2v) is 3.54. The van der Waals surface area contributed by atoms with Gasteiger partial charge in [-0.05, 0) is 41.6 Å². The molecular formula is C9H10INO. The fraction of sp³-hybridized carbons (Fsp3) is 0.333. The minimum atomic E-state index is 0.0905. The van der Waals surface area contributed by atoms with E-state index >= 15 is 0 Å². The first-order valence-electron chi connectivity index (χ1n) is 3.66. The summed E-state index contributed by atoms with van der Waals surface area (Å²) in [5, 5.41) is 3.13. The highest BCUT2D eigenvalue weighted by molar-refractivity contribution is 14.1. The zero-order chi connectivity index (χ0) is 8.97. The predicted molar refractivity (Wildman–Crippen MR) is 56.6 cm³/mol. The largest absolute Gasteiger partial charge is 0.454 e. The van der Waals surface area contributed by atoms with Crippen LogP contribution in [0.15, 0.2) is 16.5 Å². The molecule has 1 aromatic heterocycles. The summed E-state index contributed by atoms with van der Waals surface area (Å²) in [5.41, 5.74) is 0. The zero-order valence-electron chi connectivity index (χ0n) is 6.80. The first-order chi connectivity index (χ1) is 5.72. The Balaban J connectivity index is 2.39. The van der Waals surface area contributed by atoms with Crippen molar-refractivity contribution in [2.24, 2.45) is 0 Å². The average molecular weight is 275 g/mol. The maximum absolute atomic E-state index is 5.33. The molecular weight excluding hydrogens is 265 g/mol. The van der Waals surface area contributed by atoms with E-state index in [0.717, 1.165) is 9.53 Å². The Labute approximate surface area is 85.9 Å². The molecule has 0 aliphatic carbocycles. The van der Waals surface area contributed by atoms with Gasteiger partial charge in [-0.15, -0.1) is 6.42 Å². The first-order valence-corrected chi connectivity index (χ1v) is 4.74. The number of nitrogens with one attached hydrogen (secondary N) is 1. The number of furan rings is 1.